The summed E-state index contributed by atoms with van der Waals surface area (Å²) in [6.07, 6.45) is 0.786. The van der Waals surface area contributed by atoms with Gasteiger partial charge in [0.25, 0.3) is 5.91 Å². The SMILES string of the molecule is CCc1cccc(NC(=O)CN2C(=O)NC(C)(c3cc(F)ccc3F)C2=O)c1. The van der Waals surface area contributed by atoms with Crippen LogP contribution in [0.5, 0.6) is 0 Å². The molecule has 8 heteroatoms. The van der Waals surface area contributed by atoms with Gasteiger partial charge < -0.3 is 10.6 Å². The molecule has 0 saturated carbocycles. The van der Waals surface area contributed by atoms with Gasteiger partial charge in [0.05, 0.1) is 0 Å². The second kappa shape index (κ2) is 7.38. The predicted molar refractivity (Wildman–Crippen MR) is 98.4 cm³/mol. The first-order chi connectivity index (χ1) is 13.2. The molecule has 0 spiro atoms. The van der Waals surface area contributed by atoms with E-state index in [1.54, 1.807) is 18.2 Å². The number of imide groups is 1. The summed E-state index contributed by atoms with van der Waals surface area (Å²) >= 11 is 0. The van der Waals surface area contributed by atoms with Gasteiger partial charge in [0, 0.05) is 11.3 Å². The molecule has 6 nitrogen and oxygen atoms in total. The Bertz CT molecular complexity index is 963. The average Bonchev–Trinajstić information content (AvgIpc) is 2.87. The highest BCUT2D eigenvalue weighted by Crippen LogP contribution is 2.31. The fourth-order valence-electron chi connectivity index (χ4n) is 3.12. The van der Waals surface area contributed by atoms with Crippen LogP contribution in [0.1, 0.15) is 25.0 Å². The van der Waals surface area contributed by atoms with E-state index in [9.17, 15) is 23.2 Å². The van der Waals surface area contributed by atoms with E-state index < -0.39 is 41.6 Å². The molecule has 4 amide bonds. The highest BCUT2D eigenvalue weighted by atomic mass is 19.1. The molecule has 146 valence electrons. The van der Waals surface area contributed by atoms with Gasteiger partial charge in [-0.15, -0.1) is 0 Å². The van der Waals surface area contributed by atoms with Crippen molar-refractivity contribution < 1.29 is 23.2 Å². The van der Waals surface area contributed by atoms with E-state index in [-0.39, 0.29) is 5.56 Å². The maximum absolute atomic E-state index is 14.1. The molecule has 1 aliphatic heterocycles. The average molecular weight is 387 g/mol. The minimum absolute atomic E-state index is 0.301. The maximum Gasteiger partial charge on any atom is 0.325 e. The molecule has 2 aromatic rings. The lowest BCUT2D eigenvalue weighted by Crippen LogP contribution is -2.42. The van der Waals surface area contributed by atoms with Crippen molar-refractivity contribution >= 4 is 23.5 Å². The Hall–Kier alpha value is -3.29. The van der Waals surface area contributed by atoms with E-state index in [1.165, 1.54) is 6.92 Å². The van der Waals surface area contributed by atoms with Gasteiger partial charge in [-0.3, -0.25) is 14.5 Å². The third-order valence-corrected chi connectivity index (χ3v) is 4.66. The van der Waals surface area contributed by atoms with Crippen molar-refractivity contribution in [1.82, 2.24) is 10.2 Å². The van der Waals surface area contributed by atoms with Crippen molar-refractivity contribution in [3.8, 4) is 0 Å². The molecule has 0 bridgehead atoms. The molecule has 1 heterocycles. The number of hydrogen-bond donors (Lipinski definition) is 2. The number of nitrogens with zero attached hydrogens (tertiary/aromatic N) is 1. The molecule has 1 saturated heterocycles. The predicted octanol–water partition coefficient (Wildman–Crippen LogP) is 2.93. The van der Waals surface area contributed by atoms with Gasteiger partial charge in [-0.2, -0.15) is 0 Å². The van der Waals surface area contributed by atoms with E-state index in [0.29, 0.717) is 10.6 Å². The van der Waals surface area contributed by atoms with E-state index in [1.807, 2.05) is 13.0 Å². The molecule has 1 unspecified atom stereocenters. The molecular formula is C20H19F2N3O3. The first kappa shape index (κ1) is 19.5. The highest BCUT2D eigenvalue weighted by molar-refractivity contribution is 6.10. The Morgan fingerprint density at radius 3 is 2.64 bits per heavy atom. The number of anilines is 1. The van der Waals surface area contributed by atoms with Crippen molar-refractivity contribution in [2.75, 3.05) is 11.9 Å². The largest absolute Gasteiger partial charge is 0.325 e. The van der Waals surface area contributed by atoms with Crippen LogP contribution in [0.15, 0.2) is 42.5 Å². The minimum Gasteiger partial charge on any atom is -0.325 e. The van der Waals surface area contributed by atoms with Crippen LogP contribution in [0.4, 0.5) is 19.3 Å². The number of nitrogens with one attached hydrogen (secondary N) is 2. The van der Waals surface area contributed by atoms with Crippen LogP contribution in [0.3, 0.4) is 0 Å². The standard InChI is InChI=1S/C20H19F2N3O3/c1-3-12-5-4-6-14(9-12)23-17(26)11-25-18(27)20(2,24-19(25)28)15-10-13(21)7-8-16(15)22/h4-10H,3,11H2,1-2H3,(H,23,26)(H,24,28). The van der Waals surface area contributed by atoms with Gasteiger partial charge in [-0.25, -0.2) is 13.6 Å². The number of halogens is 2. The van der Waals surface area contributed by atoms with E-state index >= 15 is 0 Å². The van der Waals surface area contributed by atoms with Crippen LogP contribution >= 0.6 is 0 Å². The molecule has 0 radical (unpaired) electrons. The van der Waals surface area contributed by atoms with Crippen LogP contribution < -0.4 is 10.6 Å². The number of aryl methyl sites for hydroxylation is 1. The molecule has 28 heavy (non-hydrogen) atoms. The smallest absolute Gasteiger partial charge is 0.325 e. The molecule has 2 N–H and O–H groups in total. The van der Waals surface area contributed by atoms with Crippen molar-refractivity contribution in [2.45, 2.75) is 25.8 Å². The molecular weight excluding hydrogens is 368 g/mol. The Morgan fingerprint density at radius 2 is 1.93 bits per heavy atom. The minimum atomic E-state index is -1.80. The number of urea groups is 1. The number of carbonyl (C=O) groups excluding carboxylic acids is 3. The van der Waals surface area contributed by atoms with Crippen LogP contribution in [0, 0.1) is 11.6 Å². The zero-order valence-electron chi connectivity index (χ0n) is 15.4. The lowest BCUT2D eigenvalue weighted by Gasteiger charge is -2.22. The lowest BCUT2D eigenvalue weighted by molar-refractivity contribution is -0.133. The number of amides is 4. The van der Waals surface area contributed by atoms with E-state index in [0.717, 1.165) is 30.2 Å². The third kappa shape index (κ3) is 3.58. The zero-order valence-corrected chi connectivity index (χ0v) is 15.4. The van der Waals surface area contributed by atoms with Gasteiger partial charge in [0.2, 0.25) is 5.91 Å². The second-order valence-corrected chi connectivity index (χ2v) is 6.67. The normalized spacial score (nSPS) is 18.9. The molecule has 2 aromatic carbocycles. The van der Waals surface area contributed by atoms with Crippen LogP contribution in [-0.4, -0.2) is 29.3 Å². The topological polar surface area (TPSA) is 78.5 Å². The van der Waals surface area contributed by atoms with Gasteiger partial charge in [0.15, 0.2) is 0 Å². The summed E-state index contributed by atoms with van der Waals surface area (Å²) in [6, 6.07) is 8.97. The summed E-state index contributed by atoms with van der Waals surface area (Å²) in [5.74, 6) is -2.99. The number of carbonyl (C=O) groups is 3. The molecule has 1 aliphatic rings. The van der Waals surface area contributed by atoms with E-state index in [4.69, 9.17) is 0 Å². The first-order valence-corrected chi connectivity index (χ1v) is 8.73. The Balaban J connectivity index is 1.78. The van der Waals surface area contributed by atoms with Crippen molar-refractivity contribution in [3.63, 3.8) is 0 Å². The molecule has 0 aliphatic carbocycles. The quantitative estimate of drug-likeness (QED) is 0.775. The summed E-state index contributed by atoms with van der Waals surface area (Å²) in [6.45, 7) is 2.70. The summed E-state index contributed by atoms with van der Waals surface area (Å²) in [5.41, 5.74) is -0.548. The van der Waals surface area contributed by atoms with Crippen LogP contribution in [0.25, 0.3) is 0 Å². The lowest BCUT2D eigenvalue weighted by atomic mass is 9.91. The van der Waals surface area contributed by atoms with Crippen molar-refractivity contribution in [2.24, 2.45) is 0 Å². The summed E-state index contributed by atoms with van der Waals surface area (Å²) < 4.78 is 27.7. The monoisotopic (exact) mass is 387 g/mol. The maximum atomic E-state index is 14.1. The zero-order chi connectivity index (χ0) is 20.5. The first-order valence-electron chi connectivity index (χ1n) is 8.73. The number of hydrogen-bond acceptors (Lipinski definition) is 3. The summed E-state index contributed by atoms with van der Waals surface area (Å²) in [4.78, 5) is 38.0. The molecule has 1 fully saturated rings. The Morgan fingerprint density at radius 1 is 1.18 bits per heavy atom. The van der Waals surface area contributed by atoms with Gasteiger partial charge in [-0.1, -0.05) is 19.1 Å². The summed E-state index contributed by atoms with van der Waals surface area (Å²) in [5, 5.41) is 4.98. The fourth-order valence-corrected chi connectivity index (χ4v) is 3.12. The number of benzene rings is 2. The summed E-state index contributed by atoms with van der Waals surface area (Å²) in [7, 11) is 0. The van der Waals surface area contributed by atoms with Crippen molar-refractivity contribution in [3.05, 3.63) is 65.2 Å². The molecule has 0 aromatic heterocycles. The molecule has 1 atom stereocenters. The molecule has 3 rings (SSSR count). The van der Waals surface area contributed by atoms with Gasteiger partial charge >= 0.3 is 6.03 Å². The van der Waals surface area contributed by atoms with Crippen LogP contribution in [-0.2, 0) is 21.5 Å². The van der Waals surface area contributed by atoms with Gasteiger partial charge in [-0.05, 0) is 49.2 Å². The Labute approximate surface area is 160 Å². The third-order valence-electron chi connectivity index (χ3n) is 4.66. The second-order valence-electron chi connectivity index (χ2n) is 6.67. The Kier molecular flexibility index (Phi) is 5.13. The van der Waals surface area contributed by atoms with Gasteiger partial charge in [0.1, 0.15) is 23.7 Å². The van der Waals surface area contributed by atoms with Crippen LogP contribution in [0.2, 0.25) is 0 Å². The van der Waals surface area contributed by atoms with E-state index in [2.05, 4.69) is 10.6 Å². The van der Waals surface area contributed by atoms with Crippen molar-refractivity contribution in [1.29, 1.82) is 0 Å². The number of rotatable bonds is 5. The highest BCUT2D eigenvalue weighted by Gasteiger charge is 2.50. The fraction of sp³-hybridized carbons (Fsp3) is 0.250.